The number of amides is 1. The third kappa shape index (κ3) is 5.65. The fourth-order valence-corrected chi connectivity index (χ4v) is 2.21. The lowest BCUT2D eigenvalue weighted by Gasteiger charge is -2.11. The summed E-state index contributed by atoms with van der Waals surface area (Å²) < 4.78 is 5.19. The van der Waals surface area contributed by atoms with E-state index < -0.39 is 0 Å². The molecule has 1 amide bonds. The Kier molecular flexibility index (Phi) is 6.55. The molecule has 2 rings (SSSR count). The minimum absolute atomic E-state index is 0.0209. The van der Waals surface area contributed by atoms with E-state index in [9.17, 15) is 4.79 Å². The topological polar surface area (TPSA) is 88.2 Å². The molecule has 0 aliphatic carbocycles. The highest BCUT2D eigenvalue weighted by atomic mass is 35.5. The number of aliphatic hydroxyl groups is 1. The summed E-state index contributed by atoms with van der Waals surface area (Å²) >= 11 is 5.84. The molecule has 0 bridgehead atoms. The van der Waals surface area contributed by atoms with E-state index in [1.54, 1.807) is 12.1 Å². The second kappa shape index (κ2) is 8.64. The molecule has 0 radical (unpaired) electrons. The average molecular weight is 338 g/mol. The number of hydrogen-bond acceptors (Lipinski definition) is 5. The molecule has 1 aromatic carbocycles. The summed E-state index contributed by atoms with van der Waals surface area (Å²) in [6.07, 6.45) is 2.11. The van der Waals surface area contributed by atoms with E-state index in [2.05, 4.69) is 15.5 Å². The van der Waals surface area contributed by atoms with Crippen LogP contribution in [0, 0.1) is 0 Å². The summed E-state index contributed by atoms with van der Waals surface area (Å²) in [4.78, 5) is 16.0. The average Bonchev–Trinajstić information content (AvgIpc) is 2.97. The van der Waals surface area contributed by atoms with Crippen LogP contribution in [0.15, 0.2) is 28.8 Å². The number of aromatic nitrogens is 2. The summed E-state index contributed by atoms with van der Waals surface area (Å²) in [5.74, 6) is 0.979. The Morgan fingerprint density at radius 1 is 1.39 bits per heavy atom. The summed E-state index contributed by atoms with van der Waals surface area (Å²) in [5.41, 5.74) is 0.833. The van der Waals surface area contributed by atoms with Crippen LogP contribution in [0.4, 0.5) is 0 Å². The van der Waals surface area contributed by atoms with Crippen molar-refractivity contribution in [3.63, 3.8) is 0 Å². The Morgan fingerprint density at radius 2 is 2.13 bits per heavy atom. The number of carbonyl (C=O) groups excluding carboxylic acids is 1. The molecule has 0 aliphatic rings. The van der Waals surface area contributed by atoms with Crippen molar-refractivity contribution in [2.45, 2.75) is 38.6 Å². The van der Waals surface area contributed by atoms with Crippen molar-refractivity contribution in [1.82, 2.24) is 15.5 Å². The molecule has 6 nitrogen and oxygen atoms in total. The van der Waals surface area contributed by atoms with Crippen LogP contribution in [0.3, 0.4) is 0 Å². The summed E-state index contributed by atoms with van der Waals surface area (Å²) in [6.45, 7) is 1.93. The fraction of sp³-hybridized carbons (Fsp3) is 0.438. The maximum Gasteiger partial charge on any atom is 0.226 e. The number of hydrogen-bond donors (Lipinski definition) is 2. The second-order valence-electron chi connectivity index (χ2n) is 5.35. The molecule has 1 heterocycles. The Balaban J connectivity index is 1.79. The van der Waals surface area contributed by atoms with Crippen LogP contribution in [0.2, 0.25) is 5.02 Å². The largest absolute Gasteiger partial charge is 0.396 e. The summed E-state index contributed by atoms with van der Waals surface area (Å²) in [7, 11) is 0. The van der Waals surface area contributed by atoms with E-state index in [1.807, 2.05) is 19.1 Å². The Labute approximate surface area is 139 Å². The van der Waals surface area contributed by atoms with Gasteiger partial charge in [-0.2, -0.15) is 4.98 Å². The molecule has 1 atom stereocenters. The van der Waals surface area contributed by atoms with Gasteiger partial charge in [-0.3, -0.25) is 4.79 Å². The molecule has 0 saturated heterocycles. The lowest BCUT2D eigenvalue weighted by molar-refractivity contribution is -0.121. The van der Waals surface area contributed by atoms with Gasteiger partial charge in [0.05, 0.1) is 0 Å². The van der Waals surface area contributed by atoms with Crippen molar-refractivity contribution < 1.29 is 14.4 Å². The highest BCUT2D eigenvalue weighted by molar-refractivity contribution is 6.30. The highest BCUT2D eigenvalue weighted by Gasteiger charge is 2.10. The van der Waals surface area contributed by atoms with Gasteiger partial charge in [-0.1, -0.05) is 16.8 Å². The molecule has 124 valence electrons. The van der Waals surface area contributed by atoms with Gasteiger partial charge in [0.2, 0.25) is 17.6 Å². The lowest BCUT2D eigenvalue weighted by atomic mass is 10.2. The standard InChI is InChI=1S/C16H20ClN3O3/c1-11(9-10-21)18-14(22)3-2-4-15-19-16(20-23-15)12-5-7-13(17)8-6-12/h5-8,11,21H,2-4,9-10H2,1H3,(H,18,22). The van der Waals surface area contributed by atoms with Gasteiger partial charge in [0.25, 0.3) is 0 Å². The van der Waals surface area contributed by atoms with Gasteiger partial charge >= 0.3 is 0 Å². The van der Waals surface area contributed by atoms with Gasteiger partial charge in [-0.25, -0.2) is 0 Å². The van der Waals surface area contributed by atoms with Crippen molar-refractivity contribution >= 4 is 17.5 Å². The van der Waals surface area contributed by atoms with Crippen LogP contribution in [-0.2, 0) is 11.2 Å². The molecule has 0 fully saturated rings. The number of benzene rings is 1. The zero-order valence-corrected chi connectivity index (χ0v) is 13.7. The van der Waals surface area contributed by atoms with Crippen LogP contribution in [0.5, 0.6) is 0 Å². The van der Waals surface area contributed by atoms with Crippen LogP contribution in [-0.4, -0.2) is 33.8 Å². The van der Waals surface area contributed by atoms with E-state index >= 15 is 0 Å². The quantitative estimate of drug-likeness (QED) is 0.773. The number of aryl methyl sites for hydroxylation is 1. The van der Waals surface area contributed by atoms with Gasteiger partial charge in [0.15, 0.2) is 0 Å². The summed E-state index contributed by atoms with van der Waals surface area (Å²) in [5, 5.41) is 16.2. The van der Waals surface area contributed by atoms with E-state index in [4.69, 9.17) is 21.2 Å². The van der Waals surface area contributed by atoms with Gasteiger partial charge in [0.1, 0.15) is 0 Å². The van der Waals surface area contributed by atoms with E-state index in [1.165, 1.54) is 0 Å². The van der Waals surface area contributed by atoms with Gasteiger partial charge in [-0.05, 0) is 44.0 Å². The molecule has 2 aromatic rings. The molecule has 2 N–H and O–H groups in total. The Hall–Kier alpha value is -1.92. The van der Waals surface area contributed by atoms with Crippen molar-refractivity contribution in [2.24, 2.45) is 0 Å². The van der Waals surface area contributed by atoms with Crippen LogP contribution >= 0.6 is 11.6 Å². The summed E-state index contributed by atoms with van der Waals surface area (Å²) in [6, 6.07) is 7.17. The first kappa shape index (κ1) is 17.4. The minimum Gasteiger partial charge on any atom is -0.396 e. The smallest absolute Gasteiger partial charge is 0.226 e. The number of rotatable bonds is 8. The van der Waals surface area contributed by atoms with Gasteiger partial charge in [-0.15, -0.1) is 0 Å². The highest BCUT2D eigenvalue weighted by Crippen LogP contribution is 2.19. The number of nitrogens with zero attached hydrogens (tertiary/aromatic N) is 2. The fourth-order valence-electron chi connectivity index (χ4n) is 2.09. The van der Waals surface area contributed by atoms with Crippen LogP contribution in [0.1, 0.15) is 32.1 Å². The molecule has 1 aromatic heterocycles. The number of carbonyl (C=O) groups is 1. The first-order chi connectivity index (χ1) is 11.1. The van der Waals surface area contributed by atoms with Crippen molar-refractivity contribution in [3.05, 3.63) is 35.2 Å². The third-order valence-corrected chi connectivity index (χ3v) is 3.59. The number of nitrogens with one attached hydrogen (secondary N) is 1. The SMILES string of the molecule is CC(CCO)NC(=O)CCCc1nc(-c2ccc(Cl)cc2)no1. The molecule has 1 unspecified atom stereocenters. The van der Waals surface area contributed by atoms with Gasteiger partial charge in [0, 0.05) is 36.1 Å². The maximum absolute atomic E-state index is 11.7. The van der Waals surface area contributed by atoms with Crippen molar-refractivity contribution in [1.29, 1.82) is 0 Å². The van der Waals surface area contributed by atoms with E-state index in [-0.39, 0.29) is 18.6 Å². The van der Waals surface area contributed by atoms with Crippen LogP contribution in [0.25, 0.3) is 11.4 Å². The predicted molar refractivity (Wildman–Crippen MR) is 87.0 cm³/mol. The maximum atomic E-state index is 11.7. The van der Waals surface area contributed by atoms with Crippen molar-refractivity contribution in [2.75, 3.05) is 6.61 Å². The second-order valence-corrected chi connectivity index (χ2v) is 5.79. The normalized spacial score (nSPS) is 12.1. The zero-order valence-electron chi connectivity index (χ0n) is 13.0. The molecular weight excluding hydrogens is 318 g/mol. The first-order valence-corrected chi connectivity index (χ1v) is 7.95. The van der Waals surface area contributed by atoms with E-state index in [0.717, 1.165) is 5.56 Å². The number of aliphatic hydroxyl groups excluding tert-OH is 1. The first-order valence-electron chi connectivity index (χ1n) is 7.57. The molecule has 23 heavy (non-hydrogen) atoms. The monoisotopic (exact) mass is 337 g/mol. The molecule has 0 saturated carbocycles. The van der Waals surface area contributed by atoms with Crippen LogP contribution < -0.4 is 5.32 Å². The predicted octanol–water partition coefficient (Wildman–Crippen LogP) is 2.60. The minimum atomic E-state index is -0.0385. The molecule has 0 spiro atoms. The third-order valence-electron chi connectivity index (χ3n) is 3.33. The van der Waals surface area contributed by atoms with E-state index in [0.29, 0.717) is 42.4 Å². The molecular formula is C16H20ClN3O3. The van der Waals surface area contributed by atoms with Gasteiger partial charge < -0.3 is 14.9 Å². The Morgan fingerprint density at radius 3 is 2.83 bits per heavy atom. The molecule has 7 heteroatoms. The van der Waals surface area contributed by atoms with Crippen molar-refractivity contribution in [3.8, 4) is 11.4 Å². The Bertz CT molecular complexity index is 628. The molecule has 0 aliphatic heterocycles. The zero-order chi connectivity index (χ0) is 16.7. The number of halogens is 1. The lowest BCUT2D eigenvalue weighted by Crippen LogP contribution is -2.33.